The van der Waals surface area contributed by atoms with Crippen LogP contribution < -0.4 is 5.32 Å². The number of aromatic nitrogens is 1. The van der Waals surface area contributed by atoms with E-state index in [9.17, 15) is 0 Å². The summed E-state index contributed by atoms with van der Waals surface area (Å²) in [7, 11) is 0. The van der Waals surface area contributed by atoms with Crippen LogP contribution in [0.25, 0.3) is 10.8 Å². The van der Waals surface area contributed by atoms with Gasteiger partial charge in [-0.15, -0.1) is 0 Å². The minimum absolute atomic E-state index is 0.336. The summed E-state index contributed by atoms with van der Waals surface area (Å²) in [4.78, 5) is 4.19. The number of hydrogen-bond acceptors (Lipinski definition) is 3. The van der Waals surface area contributed by atoms with Crippen molar-refractivity contribution in [3.63, 3.8) is 0 Å². The van der Waals surface area contributed by atoms with Crippen molar-refractivity contribution in [1.29, 1.82) is 5.26 Å². The van der Waals surface area contributed by atoms with Crippen LogP contribution in [0.2, 0.25) is 5.02 Å². The van der Waals surface area contributed by atoms with Crippen molar-refractivity contribution >= 4 is 33.9 Å². The third-order valence-electron chi connectivity index (χ3n) is 3.05. The predicted molar refractivity (Wildman–Crippen MR) is 81.2 cm³/mol. The zero-order valence-corrected chi connectivity index (χ0v) is 11.2. The number of fused-ring (bicyclic) bond motifs is 1. The number of halogens is 1. The summed E-state index contributed by atoms with van der Waals surface area (Å²) in [6, 6.07) is 17.7. The fraction of sp³-hybridized carbons (Fsp3) is 0. The van der Waals surface area contributed by atoms with Gasteiger partial charge in [0, 0.05) is 17.3 Å². The van der Waals surface area contributed by atoms with Gasteiger partial charge in [0.15, 0.2) is 5.82 Å². The van der Waals surface area contributed by atoms with Gasteiger partial charge in [0.25, 0.3) is 0 Å². The molecule has 0 radical (unpaired) electrons. The summed E-state index contributed by atoms with van der Waals surface area (Å²) in [5.74, 6) is 0.488. The molecule has 0 spiro atoms. The normalized spacial score (nSPS) is 10.2. The van der Waals surface area contributed by atoms with Crippen molar-refractivity contribution in [2.24, 2.45) is 0 Å². The number of nitrogens with zero attached hydrogens (tertiary/aromatic N) is 2. The van der Waals surface area contributed by atoms with E-state index in [-0.39, 0.29) is 0 Å². The quantitative estimate of drug-likeness (QED) is 0.751. The highest BCUT2D eigenvalue weighted by atomic mass is 35.5. The number of nitriles is 1. The standard InChI is InChI=1S/C16H10ClN3/c17-15-12(10-18)8-9-19-16(15)20-14-7-3-5-11-4-1-2-6-13(11)14/h1-9H,(H,19,20). The highest BCUT2D eigenvalue weighted by molar-refractivity contribution is 6.34. The first-order valence-electron chi connectivity index (χ1n) is 6.09. The topological polar surface area (TPSA) is 48.7 Å². The second-order valence-corrected chi connectivity index (χ2v) is 4.66. The SMILES string of the molecule is N#Cc1ccnc(Nc2cccc3ccccc23)c1Cl. The van der Waals surface area contributed by atoms with Gasteiger partial charge in [0.1, 0.15) is 11.1 Å². The average Bonchev–Trinajstić information content (AvgIpc) is 2.50. The van der Waals surface area contributed by atoms with Crippen molar-refractivity contribution < 1.29 is 0 Å². The van der Waals surface area contributed by atoms with E-state index in [1.54, 1.807) is 12.3 Å². The Morgan fingerprint density at radius 3 is 2.70 bits per heavy atom. The van der Waals surface area contributed by atoms with Crippen LogP contribution in [0.4, 0.5) is 11.5 Å². The van der Waals surface area contributed by atoms with Gasteiger partial charge >= 0.3 is 0 Å². The molecule has 3 aromatic rings. The molecule has 1 heterocycles. The fourth-order valence-corrected chi connectivity index (χ4v) is 2.28. The van der Waals surface area contributed by atoms with Gasteiger partial charge in [-0.05, 0) is 17.5 Å². The predicted octanol–water partition coefficient (Wildman–Crippen LogP) is 4.50. The van der Waals surface area contributed by atoms with Gasteiger partial charge in [-0.1, -0.05) is 48.0 Å². The number of hydrogen-bond donors (Lipinski definition) is 1. The highest BCUT2D eigenvalue weighted by Gasteiger charge is 2.08. The second-order valence-electron chi connectivity index (χ2n) is 4.28. The van der Waals surface area contributed by atoms with E-state index in [1.165, 1.54) is 0 Å². The zero-order valence-electron chi connectivity index (χ0n) is 10.5. The van der Waals surface area contributed by atoms with E-state index < -0.39 is 0 Å². The third-order valence-corrected chi connectivity index (χ3v) is 3.43. The molecule has 1 aromatic heterocycles. The molecule has 20 heavy (non-hydrogen) atoms. The molecule has 0 aliphatic carbocycles. The summed E-state index contributed by atoms with van der Waals surface area (Å²) < 4.78 is 0. The summed E-state index contributed by atoms with van der Waals surface area (Å²) in [6.45, 7) is 0. The lowest BCUT2D eigenvalue weighted by Gasteiger charge is -2.10. The van der Waals surface area contributed by atoms with Gasteiger partial charge < -0.3 is 5.32 Å². The van der Waals surface area contributed by atoms with Crippen LogP contribution in [0.5, 0.6) is 0 Å². The van der Waals surface area contributed by atoms with Crippen LogP contribution in [0, 0.1) is 11.3 Å². The molecular weight excluding hydrogens is 270 g/mol. The Balaban J connectivity index is 2.09. The molecule has 0 amide bonds. The lowest BCUT2D eigenvalue weighted by Crippen LogP contribution is -1.96. The van der Waals surface area contributed by atoms with Gasteiger partial charge in [0.2, 0.25) is 0 Å². The highest BCUT2D eigenvalue weighted by Crippen LogP contribution is 2.30. The van der Waals surface area contributed by atoms with Crippen molar-refractivity contribution in [2.45, 2.75) is 0 Å². The summed E-state index contributed by atoms with van der Waals surface area (Å²) in [5.41, 5.74) is 1.32. The largest absolute Gasteiger partial charge is 0.338 e. The third kappa shape index (κ3) is 2.18. The van der Waals surface area contributed by atoms with E-state index in [4.69, 9.17) is 16.9 Å². The van der Waals surface area contributed by atoms with Crippen LogP contribution in [-0.4, -0.2) is 4.98 Å². The first-order chi connectivity index (χ1) is 9.79. The number of anilines is 2. The van der Waals surface area contributed by atoms with Crippen molar-refractivity contribution in [1.82, 2.24) is 4.98 Å². The van der Waals surface area contributed by atoms with Crippen LogP contribution in [-0.2, 0) is 0 Å². The fourth-order valence-electron chi connectivity index (χ4n) is 2.08. The Hall–Kier alpha value is -2.57. The molecule has 0 saturated carbocycles. The van der Waals surface area contributed by atoms with E-state index >= 15 is 0 Å². The lowest BCUT2D eigenvalue weighted by atomic mass is 10.1. The van der Waals surface area contributed by atoms with E-state index in [2.05, 4.69) is 10.3 Å². The molecule has 4 heteroatoms. The molecule has 0 aliphatic rings. The smallest absolute Gasteiger partial charge is 0.150 e. The average molecular weight is 280 g/mol. The monoisotopic (exact) mass is 279 g/mol. The molecule has 96 valence electrons. The first-order valence-corrected chi connectivity index (χ1v) is 6.47. The van der Waals surface area contributed by atoms with Crippen LogP contribution in [0.15, 0.2) is 54.7 Å². The molecule has 1 N–H and O–H groups in total. The molecule has 0 fully saturated rings. The molecule has 3 nitrogen and oxygen atoms in total. The Morgan fingerprint density at radius 2 is 1.85 bits per heavy atom. The number of rotatable bonds is 2. The molecule has 0 atom stereocenters. The lowest BCUT2D eigenvalue weighted by molar-refractivity contribution is 1.30. The molecular formula is C16H10ClN3. The second kappa shape index (κ2) is 5.20. The first kappa shape index (κ1) is 12.5. The van der Waals surface area contributed by atoms with Gasteiger partial charge in [0.05, 0.1) is 5.56 Å². The number of benzene rings is 2. The maximum absolute atomic E-state index is 8.99. The Morgan fingerprint density at radius 1 is 1.05 bits per heavy atom. The summed E-state index contributed by atoms with van der Waals surface area (Å²) in [6.07, 6.45) is 1.57. The number of pyridine rings is 1. The van der Waals surface area contributed by atoms with Crippen molar-refractivity contribution in [3.8, 4) is 6.07 Å². The van der Waals surface area contributed by atoms with E-state index in [0.717, 1.165) is 16.5 Å². The van der Waals surface area contributed by atoms with Gasteiger partial charge in [-0.2, -0.15) is 5.26 Å². The Labute approximate surface area is 121 Å². The zero-order chi connectivity index (χ0) is 13.9. The van der Waals surface area contributed by atoms with E-state index in [0.29, 0.717) is 16.4 Å². The Bertz CT molecular complexity index is 816. The minimum atomic E-state index is 0.336. The summed E-state index contributed by atoms with van der Waals surface area (Å²) in [5, 5.41) is 14.7. The van der Waals surface area contributed by atoms with Crippen LogP contribution >= 0.6 is 11.6 Å². The van der Waals surface area contributed by atoms with Crippen LogP contribution in [0.3, 0.4) is 0 Å². The Kier molecular flexibility index (Phi) is 3.24. The maximum atomic E-state index is 8.99. The molecule has 0 bridgehead atoms. The molecule has 0 saturated heterocycles. The van der Waals surface area contributed by atoms with Gasteiger partial charge in [-0.3, -0.25) is 0 Å². The van der Waals surface area contributed by atoms with Crippen molar-refractivity contribution in [3.05, 3.63) is 65.3 Å². The van der Waals surface area contributed by atoms with Gasteiger partial charge in [-0.25, -0.2) is 4.98 Å². The number of nitrogens with one attached hydrogen (secondary N) is 1. The van der Waals surface area contributed by atoms with E-state index in [1.807, 2.05) is 48.5 Å². The molecule has 2 aromatic carbocycles. The maximum Gasteiger partial charge on any atom is 0.150 e. The minimum Gasteiger partial charge on any atom is -0.338 e. The molecule has 3 rings (SSSR count). The molecule has 0 unspecified atom stereocenters. The summed E-state index contributed by atoms with van der Waals surface area (Å²) >= 11 is 6.16. The van der Waals surface area contributed by atoms with Crippen molar-refractivity contribution in [2.75, 3.05) is 5.32 Å². The van der Waals surface area contributed by atoms with Crippen LogP contribution in [0.1, 0.15) is 5.56 Å². The molecule has 0 aliphatic heterocycles.